The molecule has 2 heteroatoms. The van der Waals surface area contributed by atoms with Crippen molar-refractivity contribution in [3.8, 4) is 0 Å². The Morgan fingerprint density at radius 1 is 1.12 bits per heavy atom. The number of nitrogens with two attached hydrogens (primary N) is 1. The summed E-state index contributed by atoms with van der Waals surface area (Å²) >= 11 is 0. The molecule has 3 rings (SSSR count). The lowest BCUT2D eigenvalue weighted by molar-refractivity contribution is 0.310. The third-order valence-electron chi connectivity index (χ3n) is 3.96. The van der Waals surface area contributed by atoms with Crippen LogP contribution in [0.2, 0.25) is 0 Å². The van der Waals surface area contributed by atoms with E-state index in [0.29, 0.717) is 6.04 Å². The molecule has 2 N–H and O–H groups in total. The maximum Gasteiger partial charge on any atom is 0.0234 e. The van der Waals surface area contributed by atoms with Crippen molar-refractivity contribution in [3.05, 3.63) is 35.9 Å². The van der Waals surface area contributed by atoms with Gasteiger partial charge in [0.2, 0.25) is 0 Å². The van der Waals surface area contributed by atoms with Crippen LogP contribution in [0.3, 0.4) is 0 Å². The Morgan fingerprint density at radius 3 is 2.56 bits per heavy atom. The Balaban J connectivity index is 1.61. The van der Waals surface area contributed by atoms with Gasteiger partial charge < -0.3 is 5.73 Å². The first-order chi connectivity index (χ1) is 7.83. The first-order valence-electron chi connectivity index (χ1n) is 6.35. The summed E-state index contributed by atoms with van der Waals surface area (Å²) in [5.41, 5.74) is 7.63. The van der Waals surface area contributed by atoms with E-state index in [1.165, 1.54) is 24.9 Å². The molecule has 1 heterocycles. The van der Waals surface area contributed by atoms with Crippen LogP contribution in [-0.2, 0) is 6.54 Å². The van der Waals surface area contributed by atoms with Crippen LogP contribution in [0.15, 0.2) is 30.3 Å². The van der Waals surface area contributed by atoms with Gasteiger partial charge in [-0.25, -0.2) is 0 Å². The maximum absolute atomic E-state index is 6.22. The van der Waals surface area contributed by atoms with Gasteiger partial charge in [0, 0.05) is 25.7 Å². The highest BCUT2D eigenvalue weighted by Gasteiger charge is 2.40. The molecular weight excluding hydrogens is 196 g/mol. The van der Waals surface area contributed by atoms with Gasteiger partial charge in [-0.15, -0.1) is 0 Å². The van der Waals surface area contributed by atoms with Crippen molar-refractivity contribution in [2.45, 2.75) is 25.4 Å². The number of likely N-dealkylation sites (tertiary alicyclic amines) is 1. The lowest BCUT2D eigenvalue weighted by Gasteiger charge is -2.15. The quantitative estimate of drug-likeness (QED) is 0.835. The molecule has 2 unspecified atom stereocenters. The van der Waals surface area contributed by atoms with E-state index in [0.717, 1.165) is 24.9 Å². The normalized spacial score (nSPS) is 30.8. The molecule has 2 nitrogen and oxygen atoms in total. The van der Waals surface area contributed by atoms with Crippen LogP contribution in [0.25, 0.3) is 0 Å². The lowest BCUT2D eigenvalue weighted by Crippen LogP contribution is -2.30. The van der Waals surface area contributed by atoms with Gasteiger partial charge in [0.15, 0.2) is 0 Å². The molecule has 0 amide bonds. The van der Waals surface area contributed by atoms with Crippen molar-refractivity contribution in [2.75, 3.05) is 13.1 Å². The van der Waals surface area contributed by atoms with Crippen LogP contribution in [0.5, 0.6) is 0 Å². The van der Waals surface area contributed by atoms with Crippen LogP contribution in [0, 0.1) is 11.8 Å². The van der Waals surface area contributed by atoms with Crippen LogP contribution in [-0.4, -0.2) is 24.0 Å². The minimum atomic E-state index is 0.413. The summed E-state index contributed by atoms with van der Waals surface area (Å²) in [5, 5.41) is 0. The molecule has 1 aromatic rings. The van der Waals surface area contributed by atoms with Gasteiger partial charge >= 0.3 is 0 Å². The van der Waals surface area contributed by atoms with Crippen molar-refractivity contribution >= 4 is 0 Å². The highest BCUT2D eigenvalue weighted by atomic mass is 15.2. The molecule has 1 saturated heterocycles. The second kappa shape index (κ2) is 4.19. The van der Waals surface area contributed by atoms with Crippen LogP contribution in [0.4, 0.5) is 0 Å². The Hall–Kier alpha value is -0.860. The lowest BCUT2D eigenvalue weighted by atomic mass is 9.99. The number of benzene rings is 1. The van der Waals surface area contributed by atoms with Gasteiger partial charge in [-0.1, -0.05) is 30.3 Å². The second-order valence-corrected chi connectivity index (χ2v) is 5.34. The molecule has 0 spiro atoms. The first kappa shape index (κ1) is 10.3. The van der Waals surface area contributed by atoms with Crippen molar-refractivity contribution in [1.82, 2.24) is 4.90 Å². The fourth-order valence-corrected chi connectivity index (χ4v) is 2.94. The molecule has 1 aliphatic heterocycles. The Bertz CT molecular complexity index is 345. The highest BCUT2D eigenvalue weighted by Crippen LogP contribution is 2.41. The van der Waals surface area contributed by atoms with Crippen molar-refractivity contribution in [3.63, 3.8) is 0 Å². The molecule has 2 fully saturated rings. The smallest absolute Gasteiger partial charge is 0.0234 e. The van der Waals surface area contributed by atoms with Gasteiger partial charge in [0.1, 0.15) is 0 Å². The SMILES string of the molecule is NC1CN(Cc2ccccc2)CC1C1CC1. The fourth-order valence-electron chi connectivity index (χ4n) is 2.94. The summed E-state index contributed by atoms with van der Waals surface area (Å²) in [6, 6.07) is 11.1. The summed E-state index contributed by atoms with van der Waals surface area (Å²) in [6.45, 7) is 3.36. The molecule has 1 aromatic carbocycles. The molecule has 0 bridgehead atoms. The largest absolute Gasteiger partial charge is 0.326 e. The fraction of sp³-hybridized carbons (Fsp3) is 0.571. The summed E-state index contributed by atoms with van der Waals surface area (Å²) in [5.74, 6) is 1.71. The minimum absolute atomic E-state index is 0.413. The number of hydrogen-bond donors (Lipinski definition) is 1. The first-order valence-corrected chi connectivity index (χ1v) is 6.35. The standard InChI is InChI=1S/C14H20N2/c15-14-10-16(9-13(14)12-6-7-12)8-11-4-2-1-3-5-11/h1-5,12-14H,6-10,15H2. The van der Waals surface area contributed by atoms with Crippen LogP contribution in [0.1, 0.15) is 18.4 Å². The molecule has 16 heavy (non-hydrogen) atoms. The van der Waals surface area contributed by atoms with Crippen LogP contribution >= 0.6 is 0 Å². The Morgan fingerprint density at radius 2 is 1.88 bits per heavy atom. The van der Waals surface area contributed by atoms with E-state index < -0.39 is 0 Å². The van der Waals surface area contributed by atoms with Crippen LogP contribution < -0.4 is 5.73 Å². The monoisotopic (exact) mass is 216 g/mol. The minimum Gasteiger partial charge on any atom is -0.326 e. The molecule has 2 aliphatic rings. The van der Waals surface area contributed by atoms with E-state index in [2.05, 4.69) is 35.2 Å². The predicted molar refractivity (Wildman–Crippen MR) is 65.9 cm³/mol. The molecule has 1 saturated carbocycles. The molecule has 2 atom stereocenters. The summed E-state index contributed by atoms with van der Waals surface area (Å²) in [4.78, 5) is 2.52. The Kier molecular flexibility index (Phi) is 2.70. The summed E-state index contributed by atoms with van der Waals surface area (Å²) in [6.07, 6.45) is 2.83. The van der Waals surface area contributed by atoms with Gasteiger partial charge in [0.25, 0.3) is 0 Å². The number of nitrogens with zero attached hydrogens (tertiary/aromatic N) is 1. The predicted octanol–water partition coefficient (Wildman–Crippen LogP) is 1.86. The van der Waals surface area contributed by atoms with E-state index in [-0.39, 0.29) is 0 Å². The molecule has 1 aliphatic carbocycles. The summed E-state index contributed by atoms with van der Waals surface area (Å²) in [7, 11) is 0. The molecule has 86 valence electrons. The molecule has 0 aromatic heterocycles. The van der Waals surface area contributed by atoms with E-state index in [4.69, 9.17) is 5.73 Å². The van der Waals surface area contributed by atoms with Crippen molar-refractivity contribution in [2.24, 2.45) is 17.6 Å². The van der Waals surface area contributed by atoms with E-state index in [1.54, 1.807) is 0 Å². The van der Waals surface area contributed by atoms with Gasteiger partial charge in [0.05, 0.1) is 0 Å². The van der Waals surface area contributed by atoms with Gasteiger partial charge in [-0.05, 0) is 30.2 Å². The number of rotatable bonds is 3. The van der Waals surface area contributed by atoms with Gasteiger partial charge in [-0.3, -0.25) is 4.90 Å². The Labute approximate surface area is 97.4 Å². The van der Waals surface area contributed by atoms with Crippen molar-refractivity contribution < 1.29 is 0 Å². The van der Waals surface area contributed by atoms with E-state index in [1.807, 2.05) is 0 Å². The zero-order valence-electron chi connectivity index (χ0n) is 9.68. The zero-order chi connectivity index (χ0) is 11.0. The third kappa shape index (κ3) is 2.13. The second-order valence-electron chi connectivity index (χ2n) is 5.34. The molecular formula is C14H20N2. The van der Waals surface area contributed by atoms with E-state index >= 15 is 0 Å². The van der Waals surface area contributed by atoms with Gasteiger partial charge in [-0.2, -0.15) is 0 Å². The third-order valence-corrected chi connectivity index (χ3v) is 3.96. The van der Waals surface area contributed by atoms with Crippen molar-refractivity contribution in [1.29, 1.82) is 0 Å². The average Bonchev–Trinajstić information content (AvgIpc) is 3.06. The zero-order valence-corrected chi connectivity index (χ0v) is 9.68. The summed E-state index contributed by atoms with van der Waals surface area (Å²) < 4.78 is 0. The highest BCUT2D eigenvalue weighted by molar-refractivity contribution is 5.15. The topological polar surface area (TPSA) is 29.3 Å². The molecule has 0 radical (unpaired) electrons. The number of hydrogen-bond acceptors (Lipinski definition) is 2. The van der Waals surface area contributed by atoms with E-state index in [9.17, 15) is 0 Å². The maximum atomic E-state index is 6.22. The average molecular weight is 216 g/mol.